The lowest BCUT2D eigenvalue weighted by Gasteiger charge is -2.22. The lowest BCUT2D eigenvalue weighted by molar-refractivity contribution is 0.772. The van der Waals surface area contributed by atoms with Crippen molar-refractivity contribution in [3.8, 4) is 11.1 Å². The van der Waals surface area contributed by atoms with Gasteiger partial charge in [0.25, 0.3) is 0 Å². The average molecular weight is 596 g/mol. The van der Waals surface area contributed by atoms with Crippen LogP contribution in [0.25, 0.3) is 66.9 Å². The van der Waals surface area contributed by atoms with Crippen LogP contribution in [0.5, 0.6) is 0 Å². The van der Waals surface area contributed by atoms with Crippen molar-refractivity contribution < 1.29 is 0 Å². The van der Waals surface area contributed by atoms with E-state index in [0.717, 1.165) is 61.0 Å². The van der Waals surface area contributed by atoms with Gasteiger partial charge in [-0.2, -0.15) is 0 Å². The van der Waals surface area contributed by atoms with Gasteiger partial charge in [-0.25, -0.2) is 4.98 Å². The molecule has 45 heavy (non-hydrogen) atoms. The molecule has 0 amide bonds. The minimum absolute atomic E-state index is 0.283. The predicted molar refractivity (Wildman–Crippen MR) is 197 cm³/mol. The summed E-state index contributed by atoms with van der Waals surface area (Å²) in [5.74, 6) is 1.63. The van der Waals surface area contributed by atoms with Crippen LogP contribution in [0.4, 0.5) is 5.69 Å². The SMILES string of the molecule is C=Cc1c(C)c(N/C(=C\C)C(C)C)c2ccc(-c3ccc4c(c3)c3nccnc3c3[nH]c(C(C)C)nc43)cc2c1/C=C\C.CC. The summed E-state index contributed by atoms with van der Waals surface area (Å²) in [5.41, 5.74) is 11.7. The van der Waals surface area contributed by atoms with Crippen molar-refractivity contribution in [2.45, 2.75) is 68.2 Å². The van der Waals surface area contributed by atoms with Crippen LogP contribution in [0.1, 0.15) is 83.8 Å². The van der Waals surface area contributed by atoms with Crippen LogP contribution >= 0.6 is 0 Å². The molecule has 5 heteroatoms. The summed E-state index contributed by atoms with van der Waals surface area (Å²) in [6.45, 7) is 23.3. The molecule has 0 fully saturated rings. The van der Waals surface area contributed by atoms with E-state index in [1.807, 2.05) is 19.9 Å². The van der Waals surface area contributed by atoms with E-state index in [2.05, 4.69) is 120 Å². The van der Waals surface area contributed by atoms with E-state index in [9.17, 15) is 0 Å². The molecule has 0 aliphatic rings. The number of anilines is 1. The van der Waals surface area contributed by atoms with Gasteiger partial charge in [-0.1, -0.05) is 96.7 Å². The Morgan fingerprint density at radius 1 is 0.822 bits per heavy atom. The molecule has 5 nitrogen and oxygen atoms in total. The molecule has 230 valence electrons. The molecule has 4 aromatic carbocycles. The molecule has 0 atom stereocenters. The number of imidazole rings is 1. The maximum atomic E-state index is 4.99. The first kappa shape index (κ1) is 31.6. The number of aromatic nitrogens is 4. The first-order valence-electron chi connectivity index (χ1n) is 16.1. The Hall–Kier alpha value is -4.77. The number of nitrogens with one attached hydrogen (secondary N) is 2. The van der Waals surface area contributed by atoms with Crippen LogP contribution in [0, 0.1) is 12.8 Å². The van der Waals surface area contributed by atoms with E-state index < -0.39 is 0 Å². The van der Waals surface area contributed by atoms with Crippen LogP contribution in [0.15, 0.2) is 73.2 Å². The van der Waals surface area contributed by atoms with Gasteiger partial charge in [0, 0.05) is 45.9 Å². The lowest BCUT2D eigenvalue weighted by atomic mass is 9.89. The van der Waals surface area contributed by atoms with Crippen LogP contribution in [-0.4, -0.2) is 19.9 Å². The summed E-state index contributed by atoms with van der Waals surface area (Å²) in [6, 6.07) is 13.4. The normalized spacial score (nSPS) is 12.2. The maximum absolute atomic E-state index is 4.99. The fraction of sp³-hybridized carbons (Fsp3) is 0.275. The Kier molecular flexibility index (Phi) is 9.19. The van der Waals surface area contributed by atoms with Gasteiger partial charge in [0.1, 0.15) is 11.3 Å². The molecule has 0 bridgehead atoms. The van der Waals surface area contributed by atoms with Crippen molar-refractivity contribution in [1.82, 2.24) is 19.9 Å². The Labute approximate surface area is 267 Å². The van der Waals surface area contributed by atoms with Gasteiger partial charge in [-0.3, -0.25) is 9.97 Å². The molecule has 0 saturated carbocycles. The number of H-pyrrole nitrogens is 1. The third-order valence-electron chi connectivity index (χ3n) is 8.46. The Bertz CT molecular complexity index is 2110. The fourth-order valence-electron chi connectivity index (χ4n) is 6.19. The Morgan fingerprint density at radius 2 is 1.47 bits per heavy atom. The van der Waals surface area contributed by atoms with Gasteiger partial charge in [0.15, 0.2) is 0 Å². The second kappa shape index (κ2) is 13.1. The largest absolute Gasteiger partial charge is 0.358 e. The molecule has 6 rings (SSSR count). The lowest BCUT2D eigenvalue weighted by Crippen LogP contribution is -2.08. The number of hydrogen-bond donors (Lipinski definition) is 2. The summed E-state index contributed by atoms with van der Waals surface area (Å²) in [5, 5.41) is 8.29. The van der Waals surface area contributed by atoms with E-state index in [1.165, 1.54) is 27.6 Å². The molecule has 2 aromatic heterocycles. The number of nitrogens with zero attached hydrogens (tertiary/aromatic N) is 3. The van der Waals surface area contributed by atoms with Crippen molar-refractivity contribution in [3.05, 3.63) is 95.7 Å². The van der Waals surface area contributed by atoms with Crippen LogP contribution in [0.2, 0.25) is 0 Å². The number of hydrogen-bond acceptors (Lipinski definition) is 4. The van der Waals surface area contributed by atoms with E-state index in [1.54, 1.807) is 12.4 Å². The summed E-state index contributed by atoms with van der Waals surface area (Å²) in [7, 11) is 0. The van der Waals surface area contributed by atoms with Crippen molar-refractivity contribution in [3.63, 3.8) is 0 Å². The van der Waals surface area contributed by atoms with Gasteiger partial charge in [-0.15, -0.1) is 0 Å². The summed E-state index contributed by atoms with van der Waals surface area (Å²) < 4.78 is 0. The number of benzene rings is 4. The zero-order chi connectivity index (χ0) is 32.4. The topological polar surface area (TPSA) is 66.5 Å². The first-order valence-corrected chi connectivity index (χ1v) is 16.1. The predicted octanol–water partition coefficient (Wildman–Crippen LogP) is 11.6. The van der Waals surface area contributed by atoms with Crippen molar-refractivity contribution >= 4 is 61.5 Å². The monoisotopic (exact) mass is 595 g/mol. The highest BCUT2D eigenvalue weighted by molar-refractivity contribution is 6.21. The van der Waals surface area contributed by atoms with Crippen LogP contribution in [0.3, 0.4) is 0 Å². The van der Waals surface area contributed by atoms with E-state index in [0.29, 0.717) is 5.92 Å². The number of fused-ring (bicyclic) bond motifs is 7. The van der Waals surface area contributed by atoms with Crippen molar-refractivity contribution in [1.29, 1.82) is 0 Å². The van der Waals surface area contributed by atoms with Crippen LogP contribution < -0.4 is 5.32 Å². The molecule has 0 saturated heterocycles. The Balaban J connectivity index is 0.00000196. The highest BCUT2D eigenvalue weighted by atomic mass is 14.9. The highest BCUT2D eigenvalue weighted by Crippen LogP contribution is 2.40. The van der Waals surface area contributed by atoms with Crippen molar-refractivity contribution in [2.24, 2.45) is 5.92 Å². The quantitative estimate of drug-likeness (QED) is 0.180. The molecule has 0 aliphatic heterocycles. The number of allylic oxidation sites excluding steroid dienone is 3. The molecule has 2 heterocycles. The standard InChI is InChI=1S/C38H39N5.C2H6/c1-9-12-27-26(10-2)23(8)33(41-32(11-3)21(4)5)28-15-13-24(19-30(27)28)25-14-16-29-31(20-25)34-36(40-18-17-39-34)37-35(29)42-38(43-37)22(6)7;1-2/h9-22,41H,2H2,1,3-8H3,(H,42,43);1-2H3/b12-9-,32-11-;. The Morgan fingerprint density at radius 3 is 2.07 bits per heavy atom. The molecule has 0 radical (unpaired) electrons. The molecule has 0 unspecified atom stereocenters. The maximum Gasteiger partial charge on any atom is 0.115 e. The zero-order valence-corrected chi connectivity index (χ0v) is 28.1. The van der Waals surface area contributed by atoms with E-state index in [-0.39, 0.29) is 5.92 Å². The van der Waals surface area contributed by atoms with Crippen LogP contribution in [-0.2, 0) is 0 Å². The molecule has 0 aliphatic carbocycles. The van der Waals surface area contributed by atoms with Crippen molar-refractivity contribution in [2.75, 3.05) is 5.32 Å². The van der Waals surface area contributed by atoms with Gasteiger partial charge in [0.05, 0.1) is 16.6 Å². The summed E-state index contributed by atoms with van der Waals surface area (Å²) in [4.78, 5) is 18.0. The van der Waals surface area contributed by atoms with Gasteiger partial charge < -0.3 is 10.3 Å². The third kappa shape index (κ3) is 5.52. The second-order valence-electron chi connectivity index (χ2n) is 11.8. The third-order valence-corrected chi connectivity index (χ3v) is 8.46. The summed E-state index contributed by atoms with van der Waals surface area (Å²) in [6.07, 6.45) is 12.0. The molecule has 6 aromatic rings. The zero-order valence-electron chi connectivity index (χ0n) is 28.1. The van der Waals surface area contributed by atoms with Gasteiger partial charge in [0.2, 0.25) is 0 Å². The summed E-state index contributed by atoms with van der Waals surface area (Å²) >= 11 is 0. The first-order chi connectivity index (χ1) is 21.8. The molecular weight excluding hydrogens is 550 g/mol. The second-order valence-corrected chi connectivity index (χ2v) is 11.8. The number of aromatic amines is 1. The minimum Gasteiger partial charge on any atom is -0.358 e. The average Bonchev–Trinajstić information content (AvgIpc) is 3.52. The minimum atomic E-state index is 0.283. The smallest absolute Gasteiger partial charge is 0.115 e. The van der Waals surface area contributed by atoms with E-state index >= 15 is 0 Å². The molecule has 0 spiro atoms. The van der Waals surface area contributed by atoms with Gasteiger partial charge in [-0.05, 0) is 72.0 Å². The highest BCUT2D eigenvalue weighted by Gasteiger charge is 2.19. The fourth-order valence-corrected chi connectivity index (χ4v) is 6.19. The number of rotatable bonds is 7. The molecular formula is C40H45N5. The molecule has 2 N–H and O–H groups in total. The van der Waals surface area contributed by atoms with Gasteiger partial charge >= 0.3 is 0 Å². The van der Waals surface area contributed by atoms with E-state index in [4.69, 9.17) is 15.0 Å².